The second kappa shape index (κ2) is 15.1. The smallest absolute Gasteiger partial charge is 0.304 e. The predicted molar refractivity (Wildman–Crippen MR) is 163 cm³/mol. The average molecular weight is 648 g/mol. The Hall–Kier alpha value is -3.28. The minimum absolute atomic E-state index is 0.0735. The summed E-state index contributed by atoms with van der Waals surface area (Å²) in [6.07, 6.45) is 1.90. The van der Waals surface area contributed by atoms with Crippen LogP contribution in [0.15, 0.2) is 83.3 Å². The van der Waals surface area contributed by atoms with Gasteiger partial charge in [-0.25, -0.2) is 8.70 Å². The number of nitrogens with zero attached hydrogens (tertiary/aromatic N) is 3. The Morgan fingerprint density at radius 1 is 0.927 bits per heavy atom. The lowest BCUT2D eigenvalue weighted by Crippen LogP contribution is -2.54. The second-order valence-corrected chi connectivity index (χ2v) is 12.8. The number of nitrogens with one attached hydrogen (secondary N) is 1. The van der Waals surface area contributed by atoms with Gasteiger partial charge in [-0.15, -0.1) is 0 Å². The molecule has 0 radical (unpaired) electrons. The maximum Gasteiger partial charge on any atom is 0.304 e. The molecule has 41 heavy (non-hydrogen) atoms. The highest BCUT2D eigenvalue weighted by Crippen LogP contribution is 2.22. The zero-order valence-corrected chi connectivity index (χ0v) is 25.9. The molecular formula is C30H36BrFN4O4S. The van der Waals surface area contributed by atoms with Gasteiger partial charge in [0.05, 0.1) is 5.69 Å². The highest BCUT2D eigenvalue weighted by molar-refractivity contribution is 9.10. The first-order chi connectivity index (χ1) is 19.5. The summed E-state index contributed by atoms with van der Waals surface area (Å²) in [4.78, 5) is 29.2. The number of halogens is 2. The Kier molecular flexibility index (Phi) is 11.9. The summed E-state index contributed by atoms with van der Waals surface area (Å²) in [6, 6.07) is 20.7. The number of hydrogen-bond donors (Lipinski definition) is 1. The zero-order valence-electron chi connectivity index (χ0n) is 23.5. The molecule has 3 aromatic carbocycles. The van der Waals surface area contributed by atoms with Crippen molar-refractivity contribution in [3.63, 3.8) is 0 Å². The van der Waals surface area contributed by atoms with Crippen molar-refractivity contribution in [3.05, 3.63) is 100 Å². The van der Waals surface area contributed by atoms with Gasteiger partial charge in [0.25, 0.3) is 0 Å². The number of unbranched alkanes of at least 4 members (excludes halogenated alkanes) is 1. The molecule has 0 saturated carbocycles. The lowest BCUT2D eigenvalue weighted by atomic mass is 10.0. The van der Waals surface area contributed by atoms with E-state index in [1.54, 1.807) is 0 Å². The van der Waals surface area contributed by atoms with Crippen molar-refractivity contribution in [2.75, 3.05) is 31.5 Å². The van der Waals surface area contributed by atoms with Gasteiger partial charge in [-0.3, -0.25) is 9.59 Å². The molecular weight excluding hydrogens is 611 g/mol. The summed E-state index contributed by atoms with van der Waals surface area (Å²) in [5, 5.41) is 2.95. The van der Waals surface area contributed by atoms with Crippen LogP contribution in [0.5, 0.6) is 0 Å². The van der Waals surface area contributed by atoms with E-state index in [1.165, 1.54) is 31.1 Å². The van der Waals surface area contributed by atoms with Crippen LogP contribution in [0.25, 0.3) is 0 Å². The van der Waals surface area contributed by atoms with Gasteiger partial charge in [0.15, 0.2) is 0 Å². The molecule has 220 valence electrons. The molecule has 1 atom stereocenters. The summed E-state index contributed by atoms with van der Waals surface area (Å²) in [7, 11) is -1.43. The predicted octanol–water partition coefficient (Wildman–Crippen LogP) is 4.76. The SMILES string of the molecule is CCCCNC(=O)[C@H](Cc1ccccc1)N(Cc1ccc(Br)cc1)C(=O)CN(c1ccc(F)cc1)S(=O)(=O)N(C)C. The van der Waals surface area contributed by atoms with Gasteiger partial charge >= 0.3 is 10.2 Å². The number of amides is 2. The van der Waals surface area contributed by atoms with Gasteiger partial charge in [-0.1, -0.05) is 71.7 Å². The molecule has 0 spiro atoms. The maximum absolute atomic E-state index is 14.1. The fourth-order valence-corrected chi connectivity index (χ4v) is 5.49. The minimum Gasteiger partial charge on any atom is -0.354 e. The molecule has 0 aliphatic heterocycles. The molecule has 0 saturated heterocycles. The van der Waals surface area contributed by atoms with E-state index in [9.17, 15) is 22.4 Å². The monoisotopic (exact) mass is 646 g/mol. The molecule has 1 N–H and O–H groups in total. The van der Waals surface area contributed by atoms with Crippen LogP contribution in [0.4, 0.5) is 10.1 Å². The van der Waals surface area contributed by atoms with Crippen LogP contribution in [0.1, 0.15) is 30.9 Å². The third-order valence-electron chi connectivity index (χ3n) is 6.50. The molecule has 11 heteroatoms. The summed E-state index contributed by atoms with van der Waals surface area (Å²) in [6.45, 7) is 1.96. The fourth-order valence-electron chi connectivity index (χ4n) is 4.17. The summed E-state index contributed by atoms with van der Waals surface area (Å²) in [5.41, 5.74) is 1.75. The van der Waals surface area contributed by atoms with Crippen molar-refractivity contribution in [2.24, 2.45) is 0 Å². The van der Waals surface area contributed by atoms with E-state index in [-0.39, 0.29) is 24.6 Å². The quantitative estimate of drug-likeness (QED) is 0.256. The molecule has 0 aliphatic rings. The van der Waals surface area contributed by atoms with Gasteiger partial charge in [-0.2, -0.15) is 12.7 Å². The van der Waals surface area contributed by atoms with Crippen LogP contribution in [0, 0.1) is 5.82 Å². The van der Waals surface area contributed by atoms with E-state index < -0.39 is 34.5 Å². The van der Waals surface area contributed by atoms with E-state index >= 15 is 0 Å². The molecule has 8 nitrogen and oxygen atoms in total. The van der Waals surface area contributed by atoms with Crippen LogP contribution in [0.2, 0.25) is 0 Å². The highest BCUT2D eigenvalue weighted by atomic mass is 79.9. The first-order valence-corrected chi connectivity index (χ1v) is 15.5. The summed E-state index contributed by atoms with van der Waals surface area (Å²) in [5.74, 6) is -1.43. The Bertz CT molecular complexity index is 1390. The molecule has 3 rings (SSSR count). The molecule has 0 heterocycles. The minimum atomic E-state index is -4.14. The normalized spacial score (nSPS) is 12.1. The fraction of sp³-hybridized carbons (Fsp3) is 0.333. The van der Waals surface area contributed by atoms with Crippen molar-refractivity contribution in [1.82, 2.24) is 14.5 Å². The second-order valence-electron chi connectivity index (χ2n) is 9.77. The number of anilines is 1. The molecule has 3 aromatic rings. The van der Waals surface area contributed by atoms with E-state index in [0.29, 0.717) is 6.54 Å². The van der Waals surface area contributed by atoms with Crippen molar-refractivity contribution < 1.29 is 22.4 Å². The average Bonchev–Trinajstić information content (AvgIpc) is 2.95. The van der Waals surface area contributed by atoms with Crippen LogP contribution >= 0.6 is 15.9 Å². The van der Waals surface area contributed by atoms with Crippen LogP contribution < -0.4 is 9.62 Å². The maximum atomic E-state index is 14.1. The number of carbonyl (C=O) groups is 2. The lowest BCUT2D eigenvalue weighted by molar-refractivity contribution is -0.140. The Morgan fingerprint density at radius 2 is 1.56 bits per heavy atom. The van der Waals surface area contributed by atoms with Gasteiger partial charge in [0.1, 0.15) is 18.4 Å². The largest absolute Gasteiger partial charge is 0.354 e. The van der Waals surface area contributed by atoms with Crippen molar-refractivity contribution in [3.8, 4) is 0 Å². The third-order valence-corrected chi connectivity index (χ3v) is 8.85. The van der Waals surface area contributed by atoms with Gasteiger partial charge in [-0.05, 0) is 53.9 Å². The van der Waals surface area contributed by atoms with Crippen LogP contribution in [-0.4, -0.2) is 62.7 Å². The first-order valence-electron chi connectivity index (χ1n) is 13.3. The van der Waals surface area contributed by atoms with E-state index in [1.807, 2.05) is 61.5 Å². The molecule has 0 unspecified atom stereocenters. The van der Waals surface area contributed by atoms with E-state index in [4.69, 9.17) is 0 Å². The number of carbonyl (C=O) groups excluding carboxylic acids is 2. The van der Waals surface area contributed by atoms with Gasteiger partial charge in [0, 0.05) is 38.1 Å². The Balaban J connectivity index is 2.06. The molecule has 0 bridgehead atoms. The number of rotatable bonds is 14. The van der Waals surface area contributed by atoms with Crippen LogP contribution in [0.3, 0.4) is 0 Å². The molecule has 0 fully saturated rings. The topological polar surface area (TPSA) is 90.0 Å². The van der Waals surface area contributed by atoms with Crippen molar-refractivity contribution in [2.45, 2.75) is 38.8 Å². The number of hydrogen-bond acceptors (Lipinski definition) is 4. The standard InChI is InChI=1S/C30H36BrFN4O4S/c1-4-5-19-33-30(38)28(20-23-9-7-6-8-10-23)35(21-24-11-13-25(31)14-12-24)29(37)22-36(41(39,40)34(2)3)27-17-15-26(32)16-18-27/h6-18,28H,4-5,19-22H2,1-3H3,(H,33,38)/t28-/m0/s1. The van der Waals surface area contributed by atoms with Crippen molar-refractivity contribution >= 4 is 43.6 Å². The molecule has 0 aromatic heterocycles. The first kappa shape index (κ1) is 32.2. The Labute approximate surface area is 250 Å². The van der Waals surface area contributed by atoms with E-state index in [2.05, 4.69) is 21.2 Å². The summed E-state index contributed by atoms with van der Waals surface area (Å²) >= 11 is 3.42. The van der Waals surface area contributed by atoms with Gasteiger partial charge < -0.3 is 10.2 Å². The van der Waals surface area contributed by atoms with E-state index in [0.717, 1.165) is 49.2 Å². The van der Waals surface area contributed by atoms with Crippen LogP contribution in [-0.2, 0) is 32.8 Å². The Morgan fingerprint density at radius 3 is 2.15 bits per heavy atom. The zero-order chi connectivity index (χ0) is 30.0. The van der Waals surface area contributed by atoms with Crippen molar-refractivity contribution in [1.29, 1.82) is 0 Å². The lowest BCUT2D eigenvalue weighted by Gasteiger charge is -2.34. The third kappa shape index (κ3) is 9.11. The molecule has 2 amide bonds. The number of benzene rings is 3. The highest BCUT2D eigenvalue weighted by Gasteiger charge is 2.34. The molecule has 0 aliphatic carbocycles. The summed E-state index contributed by atoms with van der Waals surface area (Å²) < 4.78 is 43.2. The van der Waals surface area contributed by atoms with Gasteiger partial charge in [0.2, 0.25) is 11.8 Å².